The van der Waals surface area contributed by atoms with Gasteiger partial charge in [-0.2, -0.15) is 0 Å². The number of benzene rings is 1. The van der Waals surface area contributed by atoms with Crippen LogP contribution in [0.15, 0.2) is 29.8 Å². The molecule has 0 saturated carbocycles. The highest BCUT2D eigenvalue weighted by atomic mass is 32.1. The zero-order chi connectivity index (χ0) is 12.5. The normalized spacial score (nSPS) is 11.2. The fourth-order valence-corrected chi connectivity index (χ4v) is 2.84. The van der Waals surface area contributed by atoms with Crippen LogP contribution in [-0.4, -0.2) is 14.5 Å². The van der Waals surface area contributed by atoms with Gasteiger partial charge in [-0.25, -0.2) is 9.37 Å². The second-order valence-electron chi connectivity index (χ2n) is 3.92. The van der Waals surface area contributed by atoms with Gasteiger partial charge in [-0.3, -0.25) is 0 Å². The Hall–Kier alpha value is -1.53. The van der Waals surface area contributed by atoms with E-state index in [0.717, 1.165) is 22.5 Å². The van der Waals surface area contributed by atoms with E-state index in [1.54, 1.807) is 23.6 Å². The molecule has 3 nitrogen and oxygen atoms in total. The van der Waals surface area contributed by atoms with Gasteiger partial charge in [0, 0.05) is 24.5 Å². The SMILES string of the molecule is Fc1ccc2[nH]c(=S)n(CCc3nccs3)c2c1. The van der Waals surface area contributed by atoms with Crippen molar-refractivity contribution in [2.75, 3.05) is 0 Å². The van der Waals surface area contributed by atoms with Crippen molar-refractivity contribution < 1.29 is 4.39 Å². The third-order valence-corrected chi connectivity index (χ3v) is 3.93. The number of fused-ring (bicyclic) bond motifs is 1. The molecule has 0 radical (unpaired) electrons. The van der Waals surface area contributed by atoms with Gasteiger partial charge in [-0.15, -0.1) is 11.3 Å². The summed E-state index contributed by atoms with van der Waals surface area (Å²) in [5.41, 5.74) is 1.66. The molecular formula is C12H10FN3S2. The lowest BCUT2D eigenvalue weighted by Gasteiger charge is -2.02. The predicted molar refractivity (Wildman–Crippen MR) is 72.9 cm³/mol. The van der Waals surface area contributed by atoms with Gasteiger partial charge in [0.05, 0.1) is 16.0 Å². The largest absolute Gasteiger partial charge is 0.331 e. The first-order valence-corrected chi connectivity index (χ1v) is 6.79. The van der Waals surface area contributed by atoms with Crippen LogP contribution in [0.5, 0.6) is 0 Å². The van der Waals surface area contributed by atoms with Crippen molar-refractivity contribution in [3.63, 3.8) is 0 Å². The maximum Gasteiger partial charge on any atom is 0.178 e. The molecular weight excluding hydrogens is 269 g/mol. The summed E-state index contributed by atoms with van der Waals surface area (Å²) in [6.45, 7) is 0.704. The highest BCUT2D eigenvalue weighted by molar-refractivity contribution is 7.71. The lowest BCUT2D eigenvalue weighted by molar-refractivity contribution is 0.627. The summed E-state index contributed by atoms with van der Waals surface area (Å²) >= 11 is 6.88. The number of aromatic nitrogens is 3. The Balaban J connectivity index is 1.98. The molecule has 1 N–H and O–H groups in total. The van der Waals surface area contributed by atoms with Crippen LogP contribution in [0.4, 0.5) is 4.39 Å². The molecule has 2 aromatic heterocycles. The number of thiazole rings is 1. The lowest BCUT2D eigenvalue weighted by Crippen LogP contribution is -2.01. The molecule has 0 unspecified atom stereocenters. The number of halogens is 1. The average molecular weight is 279 g/mol. The summed E-state index contributed by atoms with van der Waals surface area (Å²) < 4.78 is 15.8. The Kier molecular flexibility index (Phi) is 2.97. The second kappa shape index (κ2) is 4.62. The topological polar surface area (TPSA) is 33.6 Å². The number of nitrogens with one attached hydrogen (secondary N) is 1. The first-order valence-electron chi connectivity index (χ1n) is 5.50. The Labute approximate surface area is 112 Å². The molecule has 0 spiro atoms. The maximum atomic E-state index is 13.3. The zero-order valence-corrected chi connectivity index (χ0v) is 11.0. The smallest absolute Gasteiger partial charge is 0.178 e. The van der Waals surface area contributed by atoms with Crippen LogP contribution >= 0.6 is 23.6 Å². The summed E-state index contributed by atoms with van der Waals surface area (Å²) in [5.74, 6) is -0.250. The van der Waals surface area contributed by atoms with Crippen LogP contribution in [0.1, 0.15) is 5.01 Å². The number of H-pyrrole nitrogens is 1. The van der Waals surface area contributed by atoms with Crippen molar-refractivity contribution in [2.45, 2.75) is 13.0 Å². The number of rotatable bonds is 3. The fraction of sp³-hybridized carbons (Fsp3) is 0.167. The minimum Gasteiger partial charge on any atom is -0.331 e. The van der Waals surface area contributed by atoms with Crippen molar-refractivity contribution in [2.24, 2.45) is 0 Å². The summed E-state index contributed by atoms with van der Waals surface area (Å²) in [4.78, 5) is 7.31. The van der Waals surface area contributed by atoms with Crippen LogP contribution in [-0.2, 0) is 13.0 Å². The van der Waals surface area contributed by atoms with Crippen molar-refractivity contribution in [3.05, 3.63) is 45.4 Å². The second-order valence-corrected chi connectivity index (χ2v) is 5.28. The minimum absolute atomic E-state index is 0.250. The molecule has 0 aliphatic carbocycles. The van der Waals surface area contributed by atoms with Crippen LogP contribution < -0.4 is 0 Å². The van der Waals surface area contributed by atoms with E-state index in [4.69, 9.17) is 12.2 Å². The number of aryl methyl sites for hydroxylation is 2. The number of hydrogen-bond donors (Lipinski definition) is 1. The van der Waals surface area contributed by atoms with Crippen molar-refractivity contribution >= 4 is 34.6 Å². The third-order valence-electron chi connectivity index (χ3n) is 2.77. The third kappa shape index (κ3) is 2.09. The van der Waals surface area contributed by atoms with Gasteiger partial charge >= 0.3 is 0 Å². The monoisotopic (exact) mass is 279 g/mol. The summed E-state index contributed by atoms with van der Waals surface area (Å²) in [5, 5.41) is 3.01. The molecule has 0 bridgehead atoms. The van der Waals surface area contributed by atoms with E-state index in [2.05, 4.69) is 9.97 Å². The number of aromatic amines is 1. The molecule has 92 valence electrons. The fourth-order valence-electron chi connectivity index (χ4n) is 1.93. The number of hydrogen-bond acceptors (Lipinski definition) is 3. The van der Waals surface area contributed by atoms with Gasteiger partial charge in [0.25, 0.3) is 0 Å². The van der Waals surface area contributed by atoms with E-state index in [-0.39, 0.29) is 5.82 Å². The molecule has 0 aliphatic heterocycles. The molecule has 1 aromatic carbocycles. The summed E-state index contributed by atoms with van der Waals surface area (Å²) in [6, 6.07) is 4.64. The predicted octanol–water partition coefficient (Wildman–Crippen LogP) is 3.54. The van der Waals surface area contributed by atoms with Crippen molar-refractivity contribution in [1.29, 1.82) is 0 Å². The standard InChI is InChI=1S/C12H10FN3S2/c13-8-1-2-9-10(7-8)16(12(17)15-9)5-3-11-14-4-6-18-11/h1-2,4,6-7H,3,5H2,(H,15,17). The van der Waals surface area contributed by atoms with Gasteiger partial charge < -0.3 is 9.55 Å². The van der Waals surface area contributed by atoms with Crippen molar-refractivity contribution in [3.8, 4) is 0 Å². The van der Waals surface area contributed by atoms with Gasteiger partial charge in [0.1, 0.15) is 5.82 Å². The van der Waals surface area contributed by atoms with E-state index in [1.807, 2.05) is 9.95 Å². The molecule has 0 atom stereocenters. The highest BCUT2D eigenvalue weighted by Crippen LogP contribution is 2.16. The van der Waals surface area contributed by atoms with Crippen LogP contribution in [0.25, 0.3) is 11.0 Å². The molecule has 0 fully saturated rings. The van der Waals surface area contributed by atoms with E-state index in [9.17, 15) is 4.39 Å². The molecule has 0 amide bonds. The molecule has 0 saturated heterocycles. The molecule has 3 rings (SSSR count). The van der Waals surface area contributed by atoms with Gasteiger partial charge in [0.2, 0.25) is 0 Å². The van der Waals surface area contributed by atoms with Gasteiger partial charge in [-0.05, 0) is 30.4 Å². The number of imidazole rings is 1. The Morgan fingerprint density at radius 2 is 2.33 bits per heavy atom. The quantitative estimate of drug-likeness (QED) is 0.744. The zero-order valence-electron chi connectivity index (χ0n) is 9.39. The van der Waals surface area contributed by atoms with Crippen LogP contribution in [0, 0.1) is 10.6 Å². The van der Waals surface area contributed by atoms with Crippen LogP contribution in [0.2, 0.25) is 0 Å². The van der Waals surface area contributed by atoms with Gasteiger partial charge in [-0.1, -0.05) is 0 Å². The van der Waals surface area contributed by atoms with Crippen molar-refractivity contribution in [1.82, 2.24) is 14.5 Å². The highest BCUT2D eigenvalue weighted by Gasteiger charge is 2.06. The van der Waals surface area contributed by atoms with Gasteiger partial charge in [0.15, 0.2) is 4.77 Å². The summed E-state index contributed by atoms with van der Waals surface area (Å²) in [7, 11) is 0. The molecule has 0 aliphatic rings. The summed E-state index contributed by atoms with van der Waals surface area (Å²) in [6.07, 6.45) is 2.59. The maximum absolute atomic E-state index is 13.3. The number of nitrogens with zero attached hydrogens (tertiary/aromatic N) is 2. The molecule has 18 heavy (non-hydrogen) atoms. The van der Waals surface area contributed by atoms with E-state index in [1.165, 1.54) is 12.1 Å². The van der Waals surface area contributed by atoms with Crippen LogP contribution in [0.3, 0.4) is 0 Å². The lowest BCUT2D eigenvalue weighted by atomic mass is 10.3. The van der Waals surface area contributed by atoms with E-state index >= 15 is 0 Å². The Morgan fingerprint density at radius 1 is 1.44 bits per heavy atom. The Bertz CT molecular complexity index is 727. The van der Waals surface area contributed by atoms with E-state index < -0.39 is 0 Å². The first kappa shape index (κ1) is 11.6. The molecule has 2 heterocycles. The van der Waals surface area contributed by atoms with E-state index in [0.29, 0.717) is 11.3 Å². The molecule has 3 aromatic rings. The molecule has 6 heteroatoms. The Morgan fingerprint density at radius 3 is 3.11 bits per heavy atom. The first-order chi connectivity index (χ1) is 8.74. The average Bonchev–Trinajstić information content (AvgIpc) is 2.94. The minimum atomic E-state index is -0.250.